The zero-order valence-corrected chi connectivity index (χ0v) is 8.09. The Morgan fingerprint density at radius 1 is 1.29 bits per heavy atom. The van der Waals surface area contributed by atoms with Crippen LogP contribution < -0.4 is 5.69 Å². The third-order valence-electron chi connectivity index (χ3n) is 2.35. The highest BCUT2D eigenvalue weighted by atomic mass is 16.3. The van der Waals surface area contributed by atoms with E-state index in [4.69, 9.17) is 0 Å². The molecule has 1 heterocycles. The Labute approximate surface area is 80.6 Å². The van der Waals surface area contributed by atoms with Gasteiger partial charge < -0.3 is 15.1 Å². The van der Waals surface area contributed by atoms with Gasteiger partial charge in [0, 0.05) is 0 Å². The van der Waals surface area contributed by atoms with E-state index in [1.165, 1.54) is 0 Å². The molecule has 4 heteroatoms. The van der Waals surface area contributed by atoms with E-state index in [0.29, 0.717) is 0 Å². The van der Waals surface area contributed by atoms with Gasteiger partial charge in [0.15, 0.2) is 0 Å². The second-order valence-corrected chi connectivity index (χ2v) is 3.51. The standard InChI is InChI=1S/C10H12N2O2/c1-5-3-8-9(12-10(14)11-8)4-7(5)6(2)13/h3-4,6,13H,1-2H3,(H2,11,12,14). The third-order valence-corrected chi connectivity index (χ3v) is 2.35. The summed E-state index contributed by atoms with van der Waals surface area (Å²) in [7, 11) is 0. The number of rotatable bonds is 1. The number of imidazole rings is 1. The zero-order chi connectivity index (χ0) is 10.3. The van der Waals surface area contributed by atoms with E-state index in [9.17, 15) is 9.90 Å². The van der Waals surface area contributed by atoms with Gasteiger partial charge in [-0.2, -0.15) is 0 Å². The van der Waals surface area contributed by atoms with Crippen LogP contribution in [0.1, 0.15) is 24.2 Å². The number of aromatic amines is 2. The Morgan fingerprint density at radius 3 is 2.43 bits per heavy atom. The van der Waals surface area contributed by atoms with Crippen LogP contribution in [0.4, 0.5) is 0 Å². The number of aryl methyl sites for hydroxylation is 1. The van der Waals surface area contributed by atoms with Crippen molar-refractivity contribution < 1.29 is 5.11 Å². The van der Waals surface area contributed by atoms with Crippen molar-refractivity contribution in [2.75, 3.05) is 0 Å². The molecule has 0 radical (unpaired) electrons. The Kier molecular flexibility index (Phi) is 1.93. The first-order valence-corrected chi connectivity index (χ1v) is 4.48. The van der Waals surface area contributed by atoms with Crippen LogP contribution in [-0.4, -0.2) is 15.1 Å². The van der Waals surface area contributed by atoms with E-state index in [2.05, 4.69) is 9.97 Å². The van der Waals surface area contributed by atoms with E-state index >= 15 is 0 Å². The first-order chi connectivity index (χ1) is 6.58. The number of fused-ring (bicyclic) bond motifs is 1. The van der Waals surface area contributed by atoms with Crippen molar-refractivity contribution in [1.29, 1.82) is 0 Å². The van der Waals surface area contributed by atoms with Gasteiger partial charge in [0.1, 0.15) is 0 Å². The minimum atomic E-state index is -0.516. The minimum absolute atomic E-state index is 0.220. The normalized spacial score (nSPS) is 13.4. The number of nitrogens with one attached hydrogen (secondary N) is 2. The Bertz CT molecular complexity index is 522. The first kappa shape index (κ1) is 9.02. The molecule has 0 amide bonds. The van der Waals surface area contributed by atoms with E-state index < -0.39 is 6.10 Å². The molecule has 0 bridgehead atoms. The van der Waals surface area contributed by atoms with Crippen LogP contribution in [-0.2, 0) is 0 Å². The summed E-state index contributed by atoms with van der Waals surface area (Å²) >= 11 is 0. The van der Waals surface area contributed by atoms with Crippen molar-refractivity contribution in [1.82, 2.24) is 9.97 Å². The maximum Gasteiger partial charge on any atom is 0.323 e. The lowest BCUT2D eigenvalue weighted by atomic mass is 10.0. The molecule has 74 valence electrons. The topological polar surface area (TPSA) is 68.9 Å². The Balaban J connectivity index is 2.76. The average Bonchev–Trinajstić information content (AvgIpc) is 2.42. The molecule has 0 aliphatic rings. The second kappa shape index (κ2) is 2.99. The zero-order valence-electron chi connectivity index (χ0n) is 8.09. The molecular formula is C10H12N2O2. The number of aliphatic hydroxyl groups excluding tert-OH is 1. The number of aliphatic hydroxyl groups is 1. The molecule has 0 saturated carbocycles. The molecule has 2 rings (SSSR count). The van der Waals surface area contributed by atoms with Crippen molar-refractivity contribution in [2.24, 2.45) is 0 Å². The van der Waals surface area contributed by atoms with Crippen LogP contribution in [0.5, 0.6) is 0 Å². The van der Waals surface area contributed by atoms with Crippen LogP contribution in [0.3, 0.4) is 0 Å². The van der Waals surface area contributed by atoms with Crippen LogP contribution in [0.2, 0.25) is 0 Å². The lowest BCUT2D eigenvalue weighted by Crippen LogP contribution is -1.99. The summed E-state index contributed by atoms with van der Waals surface area (Å²) in [4.78, 5) is 16.3. The molecule has 3 N–H and O–H groups in total. The second-order valence-electron chi connectivity index (χ2n) is 3.51. The van der Waals surface area contributed by atoms with Crippen LogP contribution in [0.15, 0.2) is 16.9 Å². The molecule has 0 fully saturated rings. The fraction of sp³-hybridized carbons (Fsp3) is 0.300. The van der Waals surface area contributed by atoms with Gasteiger partial charge in [-0.15, -0.1) is 0 Å². The molecule has 1 aromatic carbocycles. The molecule has 0 spiro atoms. The van der Waals surface area contributed by atoms with Gasteiger partial charge in [0.25, 0.3) is 0 Å². The SMILES string of the molecule is Cc1cc2[nH]c(=O)[nH]c2cc1C(C)O. The lowest BCUT2D eigenvalue weighted by Gasteiger charge is -2.08. The minimum Gasteiger partial charge on any atom is -0.389 e. The quantitative estimate of drug-likeness (QED) is 0.635. The predicted octanol–water partition coefficient (Wildman–Crippen LogP) is 1.22. The monoisotopic (exact) mass is 192 g/mol. The highest BCUT2D eigenvalue weighted by Gasteiger charge is 2.07. The van der Waals surface area contributed by atoms with E-state index in [1.807, 2.05) is 13.0 Å². The summed E-state index contributed by atoms with van der Waals surface area (Å²) in [5.74, 6) is 0. The molecule has 2 aromatic rings. The van der Waals surface area contributed by atoms with Gasteiger partial charge in [-0.3, -0.25) is 0 Å². The average molecular weight is 192 g/mol. The van der Waals surface area contributed by atoms with E-state index in [-0.39, 0.29) is 5.69 Å². The summed E-state index contributed by atoms with van der Waals surface area (Å²) in [6, 6.07) is 3.66. The van der Waals surface area contributed by atoms with Crippen LogP contribution >= 0.6 is 0 Å². The molecule has 0 aliphatic carbocycles. The third kappa shape index (κ3) is 1.33. The van der Waals surface area contributed by atoms with Crippen molar-refractivity contribution in [2.45, 2.75) is 20.0 Å². The van der Waals surface area contributed by atoms with Gasteiger partial charge in [-0.05, 0) is 37.1 Å². The molecule has 1 aromatic heterocycles. The predicted molar refractivity (Wildman–Crippen MR) is 54.3 cm³/mol. The van der Waals surface area contributed by atoms with Crippen molar-refractivity contribution in [3.8, 4) is 0 Å². The summed E-state index contributed by atoms with van der Waals surface area (Å²) < 4.78 is 0. The maximum absolute atomic E-state index is 11.0. The van der Waals surface area contributed by atoms with E-state index in [0.717, 1.165) is 22.2 Å². The van der Waals surface area contributed by atoms with Crippen LogP contribution in [0, 0.1) is 6.92 Å². The van der Waals surface area contributed by atoms with Crippen molar-refractivity contribution >= 4 is 11.0 Å². The summed E-state index contributed by atoms with van der Waals surface area (Å²) in [5, 5.41) is 9.47. The molecular weight excluding hydrogens is 180 g/mol. The van der Waals surface area contributed by atoms with Gasteiger partial charge in [0.05, 0.1) is 17.1 Å². The number of hydrogen-bond donors (Lipinski definition) is 3. The molecule has 1 atom stereocenters. The number of hydrogen-bond acceptors (Lipinski definition) is 2. The molecule has 0 saturated heterocycles. The molecule has 0 aliphatic heterocycles. The smallest absolute Gasteiger partial charge is 0.323 e. The lowest BCUT2D eigenvalue weighted by molar-refractivity contribution is 0.198. The van der Waals surface area contributed by atoms with Gasteiger partial charge in [-0.1, -0.05) is 0 Å². The molecule has 4 nitrogen and oxygen atoms in total. The number of benzene rings is 1. The highest BCUT2D eigenvalue weighted by Crippen LogP contribution is 2.21. The maximum atomic E-state index is 11.0. The van der Waals surface area contributed by atoms with Gasteiger partial charge in [-0.25, -0.2) is 4.79 Å². The van der Waals surface area contributed by atoms with Gasteiger partial charge in [0.2, 0.25) is 0 Å². The number of H-pyrrole nitrogens is 2. The highest BCUT2D eigenvalue weighted by molar-refractivity contribution is 5.76. The van der Waals surface area contributed by atoms with E-state index in [1.54, 1.807) is 13.0 Å². The van der Waals surface area contributed by atoms with Crippen molar-refractivity contribution in [3.05, 3.63) is 33.7 Å². The first-order valence-electron chi connectivity index (χ1n) is 4.48. The molecule has 1 unspecified atom stereocenters. The van der Waals surface area contributed by atoms with Gasteiger partial charge >= 0.3 is 5.69 Å². The summed E-state index contributed by atoms with van der Waals surface area (Å²) in [6.45, 7) is 3.62. The number of aromatic nitrogens is 2. The summed E-state index contributed by atoms with van der Waals surface area (Å²) in [6.07, 6.45) is -0.516. The Hall–Kier alpha value is -1.55. The fourth-order valence-corrected chi connectivity index (χ4v) is 1.66. The van der Waals surface area contributed by atoms with Crippen molar-refractivity contribution in [3.63, 3.8) is 0 Å². The summed E-state index contributed by atoms with van der Waals surface area (Å²) in [5.41, 5.74) is 3.10. The fourth-order valence-electron chi connectivity index (χ4n) is 1.66. The largest absolute Gasteiger partial charge is 0.389 e. The van der Waals surface area contributed by atoms with Crippen LogP contribution in [0.25, 0.3) is 11.0 Å². The molecule has 14 heavy (non-hydrogen) atoms. The Morgan fingerprint density at radius 2 is 1.86 bits per heavy atom.